The molecule has 5 aromatic carbocycles. The number of aryl methyl sites for hydroxylation is 1. The number of nitrogens with one attached hydrogen (secondary N) is 1. The third kappa shape index (κ3) is 5.74. The zero-order valence-corrected chi connectivity index (χ0v) is 31.2. The Labute approximate surface area is 328 Å². The van der Waals surface area contributed by atoms with Crippen LogP contribution in [0, 0.1) is 5.92 Å². The Morgan fingerprint density at radius 2 is 1.46 bits per heavy atom. The third-order valence-corrected chi connectivity index (χ3v) is 12.2. The fourth-order valence-electron chi connectivity index (χ4n) is 9.39. The molecule has 5 aliphatic rings. The molecule has 0 bridgehead atoms. The van der Waals surface area contributed by atoms with Crippen LogP contribution in [0.2, 0.25) is 0 Å². The second kappa shape index (κ2) is 13.6. The van der Waals surface area contributed by atoms with Gasteiger partial charge in [-0.15, -0.1) is 0 Å². The summed E-state index contributed by atoms with van der Waals surface area (Å²) < 4.78 is 6.20. The number of benzene rings is 5. The summed E-state index contributed by atoms with van der Waals surface area (Å²) in [5.41, 5.74) is 16.2. The summed E-state index contributed by atoms with van der Waals surface area (Å²) in [7, 11) is 0. The predicted octanol–water partition coefficient (Wildman–Crippen LogP) is 12.8. The second-order valence-electron chi connectivity index (χ2n) is 15.5. The van der Waals surface area contributed by atoms with E-state index in [0.29, 0.717) is 0 Å². The highest BCUT2D eigenvalue weighted by molar-refractivity contribution is 5.93. The highest BCUT2D eigenvalue weighted by atomic mass is 16.3. The zero-order valence-electron chi connectivity index (χ0n) is 31.2. The molecule has 270 valence electrons. The summed E-state index contributed by atoms with van der Waals surface area (Å²) >= 11 is 0. The number of anilines is 1. The number of hydrogen-bond donors (Lipinski definition) is 1. The van der Waals surface area contributed by atoms with E-state index in [2.05, 4.69) is 198 Å². The molecule has 0 saturated carbocycles. The van der Waals surface area contributed by atoms with Gasteiger partial charge in [0.25, 0.3) is 0 Å². The van der Waals surface area contributed by atoms with Crippen LogP contribution in [0.15, 0.2) is 198 Å². The minimum atomic E-state index is 0.119. The van der Waals surface area contributed by atoms with Crippen molar-refractivity contribution in [2.24, 2.45) is 5.92 Å². The third-order valence-electron chi connectivity index (χ3n) is 12.2. The highest BCUT2D eigenvalue weighted by Crippen LogP contribution is 2.48. The molecule has 3 aliphatic carbocycles. The number of hydrogen-bond acceptors (Lipinski definition) is 3. The molecular weight excluding hydrogens is 681 g/mol. The summed E-state index contributed by atoms with van der Waals surface area (Å²) in [4.78, 5) is 2.56. The van der Waals surface area contributed by atoms with Crippen LogP contribution in [0.4, 0.5) is 5.69 Å². The van der Waals surface area contributed by atoms with Crippen LogP contribution >= 0.6 is 0 Å². The maximum atomic E-state index is 6.20. The number of dihydropyridines is 1. The molecule has 0 spiro atoms. The van der Waals surface area contributed by atoms with Gasteiger partial charge in [0.15, 0.2) is 0 Å². The van der Waals surface area contributed by atoms with Gasteiger partial charge < -0.3 is 14.6 Å². The predicted molar refractivity (Wildman–Crippen MR) is 232 cm³/mol. The fraction of sp³-hybridized carbons (Fsp3) is 0.132. The smallest absolute Gasteiger partial charge is 0.134 e. The summed E-state index contributed by atoms with van der Waals surface area (Å²) in [6.45, 7) is 0. The summed E-state index contributed by atoms with van der Waals surface area (Å²) in [5.74, 6) is 1.63. The van der Waals surface area contributed by atoms with Gasteiger partial charge >= 0.3 is 0 Å². The van der Waals surface area contributed by atoms with Crippen molar-refractivity contribution in [1.29, 1.82) is 0 Å². The van der Waals surface area contributed by atoms with Gasteiger partial charge in [0.2, 0.25) is 0 Å². The number of furan rings is 1. The number of fused-ring (bicyclic) bond motifs is 6. The van der Waals surface area contributed by atoms with E-state index in [1.165, 1.54) is 72.6 Å². The van der Waals surface area contributed by atoms with Gasteiger partial charge in [-0.3, -0.25) is 0 Å². The number of para-hydroxylation sites is 1. The van der Waals surface area contributed by atoms with Crippen LogP contribution < -0.4 is 10.2 Å². The maximum absolute atomic E-state index is 6.20. The number of nitrogens with zero attached hydrogens (tertiary/aromatic N) is 1. The topological polar surface area (TPSA) is 28.4 Å². The van der Waals surface area contributed by atoms with E-state index in [1.807, 2.05) is 0 Å². The molecule has 1 aromatic heterocycles. The molecule has 3 heterocycles. The largest absolute Gasteiger partial charge is 0.460 e. The van der Waals surface area contributed by atoms with Crippen molar-refractivity contribution < 1.29 is 4.42 Å². The standard InChI is InChI=1S/C53H42N2O/c1-3-12-35(13-4-1)42-33-48(36-14-5-2-6-15-36)54-49(34-42)37-22-26-43(27-23-37)55-50-20-9-7-18-44(50)46-31-40(24-28-51(46)55)38-16-11-17-39(30-38)41-25-29-53-47(32-41)45-19-8-10-21-52(45)56-53/h1-9,11-20,22,24-34,37,46,48,51,54H,10,21,23H2. The lowest BCUT2D eigenvalue weighted by Gasteiger charge is -2.34. The van der Waals surface area contributed by atoms with Crippen LogP contribution in [0.25, 0.3) is 39.3 Å². The Morgan fingerprint density at radius 1 is 0.661 bits per heavy atom. The van der Waals surface area contributed by atoms with E-state index < -0.39 is 0 Å². The first kappa shape index (κ1) is 32.8. The van der Waals surface area contributed by atoms with Gasteiger partial charge in [-0.25, -0.2) is 0 Å². The molecular formula is C53H42N2O. The fourth-order valence-corrected chi connectivity index (χ4v) is 9.39. The maximum Gasteiger partial charge on any atom is 0.134 e. The Morgan fingerprint density at radius 3 is 2.34 bits per heavy atom. The van der Waals surface area contributed by atoms with Crippen molar-refractivity contribution in [3.63, 3.8) is 0 Å². The Hall–Kier alpha value is -6.58. The van der Waals surface area contributed by atoms with E-state index in [9.17, 15) is 0 Å². The van der Waals surface area contributed by atoms with E-state index >= 15 is 0 Å². The monoisotopic (exact) mass is 722 g/mol. The molecule has 56 heavy (non-hydrogen) atoms. The average molecular weight is 723 g/mol. The molecule has 3 nitrogen and oxygen atoms in total. The summed E-state index contributed by atoms with van der Waals surface area (Å²) in [6.07, 6.45) is 26.6. The lowest BCUT2D eigenvalue weighted by atomic mass is 9.85. The van der Waals surface area contributed by atoms with Crippen LogP contribution in [-0.2, 0) is 6.42 Å². The molecule has 4 unspecified atom stereocenters. The van der Waals surface area contributed by atoms with Crippen molar-refractivity contribution in [3.8, 4) is 11.1 Å². The average Bonchev–Trinajstić information content (AvgIpc) is 3.82. The van der Waals surface area contributed by atoms with E-state index in [4.69, 9.17) is 4.42 Å². The first-order valence-electron chi connectivity index (χ1n) is 20.0. The first-order valence-corrected chi connectivity index (χ1v) is 20.0. The Bertz CT molecular complexity index is 2720. The van der Waals surface area contributed by atoms with Gasteiger partial charge in [-0.1, -0.05) is 146 Å². The van der Waals surface area contributed by atoms with Crippen LogP contribution in [0.1, 0.15) is 58.4 Å². The Kier molecular flexibility index (Phi) is 7.98. The summed E-state index contributed by atoms with van der Waals surface area (Å²) in [6, 6.07) is 46.5. The second-order valence-corrected chi connectivity index (χ2v) is 15.5. The van der Waals surface area contributed by atoms with Crippen molar-refractivity contribution >= 4 is 33.9 Å². The molecule has 0 amide bonds. The lowest BCUT2D eigenvalue weighted by Crippen LogP contribution is -2.33. The van der Waals surface area contributed by atoms with Gasteiger partial charge in [0.1, 0.15) is 11.3 Å². The van der Waals surface area contributed by atoms with Gasteiger partial charge in [-0.2, -0.15) is 0 Å². The zero-order chi connectivity index (χ0) is 37.0. The minimum Gasteiger partial charge on any atom is -0.460 e. The van der Waals surface area contributed by atoms with Gasteiger partial charge in [0.05, 0.1) is 12.1 Å². The number of rotatable bonds is 6. The molecule has 2 aliphatic heterocycles. The molecule has 0 fully saturated rings. The van der Waals surface area contributed by atoms with Crippen molar-refractivity contribution in [2.75, 3.05) is 4.90 Å². The number of allylic oxidation sites excluding steroid dienone is 8. The van der Waals surface area contributed by atoms with Crippen LogP contribution in [0.3, 0.4) is 0 Å². The molecule has 1 N–H and O–H groups in total. The van der Waals surface area contributed by atoms with E-state index in [0.717, 1.165) is 30.6 Å². The van der Waals surface area contributed by atoms with E-state index in [-0.39, 0.29) is 23.9 Å². The lowest BCUT2D eigenvalue weighted by molar-refractivity contribution is 0.546. The van der Waals surface area contributed by atoms with Gasteiger partial charge in [0, 0.05) is 46.3 Å². The SMILES string of the molecule is C1=Cc2c(oc3ccc(-c4cccc(C5=CC6c7ccccc7N(C7=CCC(C8=CC(c9ccccc9)=CC(c9ccccc9)N8)C=C7)C6C=C5)c4)cc23)CC1. The van der Waals surface area contributed by atoms with Crippen molar-refractivity contribution in [1.82, 2.24) is 5.32 Å². The van der Waals surface area contributed by atoms with E-state index in [1.54, 1.807) is 0 Å². The molecule has 0 radical (unpaired) electrons. The van der Waals surface area contributed by atoms with Gasteiger partial charge in [-0.05, 0) is 99.9 Å². The molecule has 11 rings (SSSR count). The summed E-state index contributed by atoms with van der Waals surface area (Å²) in [5, 5.41) is 5.11. The molecule has 6 aromatic rings. The highest BCUT2D eigenvalue weighted by Gasteiger charge is 2.39. The van der Waals surface area contributed by atoms with Crippen LogP contribution in [-0.4, -0.2) is 6.04 Å². The molecule has 0 saturated heterocycles. The van der Waals surface area contributed by atoms with Crippen molar-refractivity contribution in [3.05, 3.63) is 227 Å². The first-order chi connectivity index (χ1) is 27.7. The normalized spacial score (nSPS) is 22.0. The van der Waals surface area contributed by atoms with Crippen LogP contribution in [0.5, 0.6) is 0 Å². The molecule has 3 heteroatoms. The minimum absolute atomic E-state index is 0.119. The van der Waals surface area contributed by atoms with Crippen molar-refractivity contribution in [2.45, 2.75) is 37.3 Å². The molecule has 4 atom stereocenters. The quantitative estimate of drug-likeness (QED) is 0.186. The Balaban J connectivity index is 0.865.